The molecule has 0 spiro atoms. The van der Waals surface area contributed by atoms with Crippen molar-refractivity contribution in [2.75, 3.05) is 5.32 Å². The minimum Gasteiger partial charge on any atom is -0.351 e. The largest absolute Gasteiger partial charge is 0.351 e. The van der Waals surface area contributed by atoms with Gasteiger partial charge in [0.05, 0.1) is 16.3 Å². The Hall–Kier alpha value is -3.08. The molecular weight excluding hydrogens is 468 g/mol. The maximum absolute atomic E-state index is 11.8. The Morgan fingerprint density at radius 2 is 1.91 bits per heavy atom. The molecule has 0 aromatic carbocycles. The first kappa shape index (κ1) is 22.7. The van der Waals surface area contributed by atoms with E-state index in [1.165, 1.54) is 11.1 Å². The van der Waals surface area contributed by atoms with Crippen LogP contribution >= 0.6 is 23.1 Å². The summed E-state index contributed by atoms with van der Waals surface area (Å²) >= 11 is 2.57. The zero-order valence-corrected chi connectivity index (χ0v) is 20.0. The minimum atomic E-state index is -0.386. The van der Waals surface area contributed by atoms with Gasteiger partial charge in [0.2, 0.25) is 5.95 Å². The van der Waals surface area contributed by atoms with Crippen molar-refractivity contribution in [2.45, 2.75) is 44.3 Å². The smallest absolute Gasteiger partial charge is 0.290 e. The van der Waals surface area contributed by atoms with E-state index in [9.17, 15) is 9.59 Å². The number of rotatable bonds is 7. The van der Waals surface area contributed by atoms with Gasteiger partial charge in [0.25, 0.3) is 11.1 Å². The summed E-state index contributed by atoms with van der Waals surface area (Å²) in [6.45, 7) is 0.801. The Morgan fingerprint density at radius 3 is 2.68 bits per heavy atom. The van der Waals surface area contributed by atoms with E-state index in [-0.39, 0.29) is 11.1 Å². The minimum absolute atomic E-state index is 0.298. The van der Waals surface area contributed by atoms with Gasteiger partial charge in [-0.25, -0.2) is 9.97 Å². The third kappa shape index (κ3) is 5.52. The van der Waals surface area contributed by atoms with Crippen LogP contribution in [0.1, 0.15) is 36.9 Å². The molecule has 1 aliphatic heterocycles. The number of anilines is 1. The van der Waals surface area contributed by atoms with E-state index in [1.54, 1.807) is 29.7 Å². The van der Waals surface area contributed by atoms with E-state index in [1.807, 2.05) is 12.3 Å². The molecule has 3 aromatic rings. The first-order valence-corrected chi connectivity index (χ1v) is 12.9. The van der Waals surface area contributed by atoms with E-state index >= 15 is 0 Å². The van der Waals surface area contributed by atoms with Crippen molar-refractivity contribution in [1.82, 2.24) is 25.6 Å². The van der Waals surface area contributed by atoms with Gasteiger partial charge in [0.15, 0.2) is 0 Å². The molecule has 0 unspecified atom stereocenters. The normalized spacial score (nSPS) is 21.6. The maximum Gasteiger partial charge on any atom is 0.290 e. The lowest BCUT2D eigenvalue weighted by atomic mass is 9.91. The van der Waals surface area contributed by atoms with Gasteiger partial charge in [0, 0.05) is 42.0 Å². The summed E-state index contributed by atoms with van der Waals surface area (Å²) in [5.74, 6) is 0.152. The molecule has 1 aliphatic carbocycles. The number of pyridine rings is 1. The van der Waals surface area contributed by atoms with Crippen molar-refractivity contribution in [2.24, 2.45) is 0 Å². The first-order chi connectivity index (χ1) is 16.6. The van der Waals surface area contributed by atoms with Crippen LogP contribution in [0.3, 0.4) is 0 Å². The molecule has 4 heterocycles. The number of thiophene rings is 1. The average molecular weight is 493 g/mol. The maximum atomic E-state index is 11.8. The van der Waals surface area contributed by atoms with Gasteiger partial charge in [-0.3, -0.25) is 19.9 Å². The van der Waals surface area contributed by atoms with Gasteiger partial charge in [0.1, 0.15) is 0 Å². The molecule has 1 saturated heterocycles. The zero-order chi connectivity index (χ0) is 23.3. The van der Waals surface area contributed by atoms with Gasteiger partial charge in [-0.05, 0) is 72.7 Å². The highest BCUT2D eigenvalue weighted by molar-refractivity contribution is 8.18. The van der Waals surface area contributed by atoms with Crippen LogP contribution in [-0.4, -0.2) is 38.2 Å². The van der Waals surface area contributed by atoms with Crippen molar-refractivity contribution in [3.05, 3.63) is 63.6 Å². The van der Waals surface area contributed by atoms with Crippen LogP contribution in [0, 0.1) is 0 Å². The molecular formula is C24H24N6O2S2. The quantitative estimate of drug-likeness (QED) is 0.416. The fourth-order valence-electron chi connectivity index (χ4n) is 4.20. The monoisotopic (exact) mass is 492 g/mol. The van der Waals surface area contributed by atoms with Gasteiger partial charge in [-0.1, -0.05) is 6.07 Å². The summed E-state index contributed by atoms with van der Waals surface area (Å²) in [6.07, 6.45) is 9.28. The van der Waals surface area contributed by atoms with Gasteiger partial charge in [-0.2, -0.15) is 11.3 Å². The fraction of sp³-hybridized carbons (Fsp3) is 0.292. The molecule has 34 heavy (non-hydrogen) atoms. The standard InChI is InChI=1S/C24H24N6O2S2/c31-22-20(34-24(32)30-22)12-19-7-10-26-23(29-19)28-18-5-3-17(4-6-18)27-13-15-2-1-9-25-21(15)16-8-11-33-14-16/h1-2,7-12,14,17-18,27H,3-6,13H2,(H,26,28,29)(H,30,31,32)/t17-,18-. The first-order valence-electron chi connectivity index (χ1n) is 11.2. The van der Waals surface area contributed by atoms with Crippen LogP contribution < -0.4 is 16.0 Å². The highest BCUT2D eigenvalue weighted by Crippen LogP contribution is 2.27. The molecule has 5 rings (SSSR count). The second-order valence-corrected chi connectivity index (χ2v) is 10.0. The predicted octanol–water partition coefficient (Wildman–Crippen LogP) is 4.44. The van der Waals surface area contributed by atoms with E-state index in [0.717, 1.165) is 49.7 Å². The third-order valence-electron chi connectivity index (χ3n) is 5.93. The lowest BCUT2D eigenvalue weighted by Crippen LogP contribution is -2.37. The Labute approximate surface area is 205 Å². The van der Waals surface area contributed by atoms with Crippen molar-refractivity contribution in [3.63, 3.8) is 0 Å². The molecule has 1 saturated carbocycles. The number of aromatic nitrogens is 3. The van der Waals surface area contributed by atoms with Crippen LogP contribution in [0.25, 0.3) is 17.3 Å². The number of nitrogens with zero attached hydrogens (tertiary/aromatic N) is 3. The molecule has 0 radical (unpaired) electrons. The summed E-state index contributed by atoms with van der Waals surface area (Å²) in [5.41, 5.74) is 4.04. The summed E-state index contributed by atoms with van der Waals surface area (Å²) < 4.78 is 0. The van der Waals surface area contributed by atoms with Gasteiger partial charge < -0.3 is 10.6 Å². The zero-order valence-electron chi connectivity index (χ0n) is 18.4. The average Bonchev–Trinajstić information content (AvgIpc) is 3.49. The van der Waals surface area contributed by atoms with Gasteiger partial charge in [-0.15, -0.1) is 0 Å². The van der Waals surface area contributed by atoms with Crippen LogP contribution in [-0.2, 0) is 11.3 Å². The van der Waals surface area contributed by atoms with E-state index in [2.05, 4.69) is 53.8 Å². The molecule has 2 amide bonds. The molecule has 3 N–H and O–H groups in total. The number of nitrogens with one attached hydrogen (secondary N) is 3. The van der Waals surface area contributed by atoms with Gasteiger partial charge >= 0.3 is 0 Å². The number of thioether (sulfide) groups is 1. The topological polar surface area (TPSA) is 109 Å². The van der Waals surface area contributed by atoms with Crippen LogP contribution in [0.15, 0.2) is 52.3 Å². The lowest BCUT2D eigenvalue weighted by molar-refractivity contribution is -0.115. The molecule has 174 valence electrons. The Morgan fingerprint density at radius 1 is 1.06 bits per heavy atom. The molecule has 0 atom stereocenters. The number of carbonyl (C=O) groups is 2. The highest BCUT2D eigenvalue weighted by atomic mass is 32.2. The SMILES string of the molecule is O=C1NC(=O)C(=Cc2ccnc(N[C@H]3CC[C@H](NCc4cccnc4-c4ccsc4)CC3)n2)S1. The molecule has 2 fully saturated rings. The predicted molar refractivity (Wildman–Crippen MR) is 135 cm³/mol. The Balaban J connectivity index is 1.13. The second-order valence-electron chi connectivity index (χ2n) is 8.25. The third-order valence-corrected chi connectivity index (χ3v) is 7.42. The van der Waals surface area contributed by atoms with Crippen molar-refractivity contribution in [3.8, 4) is 11.3 Å². The number of hydrogen-bond donors (Lipinski definition) is 3. The second kappa shape index (κ2) is 10.5. The molecule has 0 bridgehead atoms. The lowest BCUT2D eigenvalue weighted by Gasteiger charge is -2.30. The van der Waals surface area contributed by atoms with Crippen LogP contribution in [0.5, 0.6) is 0 Å². The van der Waals surface area contributed by atoms with Crippen LogP contribution in [0.4, 0.5) is 10.7 Å². The summed E-state index contributed by atoms with van der Waals surface area (Å²) in [4.78, 5) is 36.9. The van der Waals surface area contributed by atoms with E-state index < -0.39 is 0 Å². The highest BCUT2D eigenvalue weighted by Gasteiger charge is 2.25. The van der Waals surface area contributed by atoms with E-state index in [4.69, 9.17) is 0 Å². The Kier molecular flexibility index (Phi) is 6.98. The van der Waals surface area contributed by atoms with Crippen LogP contribution in [0.2, 0.25) is 0 Å². The molecule has 3 aromatic heterocycles. The number of hydrogen-bond acceptors (Lipinski definition) is 9. The number of imide groups is 1. The summed E-state index contributed by atoms with van der Waals surface area (Å²) in [6, 6.07) is 8.73. The number of carbonyl (C=O) groups excluding carboxylic acids is 2. The number of amides is 2. The van der Waals surface area contributed by atoms with Crippen molar-refractivity contribution < 1.29 is 9.59 Å². The summed E-state index contributed by atoms with van der Waals surface area (Å²) in [5, 5.41) is 13.2. The molecule has 2 aliphatic rings. The summed E-state index contributed by atoms with van der Waals surface area (Å²) in [7, 11) is 0. The molecule has 10 heteroatoms. The van der Waals surface area contributed by atoms with Crippen molar-refractivity contribution in [1.29, 1.82) is 0 Å². The fourth-order valence-corrected chi connectivity index (χ4v) is 5.50. The van der Waals surface area contributed by atoms with E-state index in [0.29, 0.717) is 28.6 Å². The Bertz CT molecular complexity index is 1210. The molecule has 8 nitrogen and oxygen atoms in total. The van der Waals surface area contributed by atoms with Crippen molar-refractivity contribution >= 4 is 46.3 Å².